The monoisotopic (exact) mass is 230 g/mol. The summed E-state index contributed by atoms with van der Waals surface area (Å²) in [5.74, 6) is 0. The van der Waals surface area contributed by atoms with Crippen molar-refractivity contribution < 1.29 is 12.8 Å². The maximum Gasteiger partial charge on any atom is 0.284 e. The molecule has 0 aromatic carbocycles. The molecule has 0 heterocycles. The highest BCUT2D eigenvalue weighted by atomic mass is 36.0. The van der Waals surface area contributed by atoms with E-state index in [-0.39, 0.29) is 0 Å². The summed E-state index contributed by atoms with van der Waals surface area (Å²) in [6, 6.07) is -1.17. The van der Waals surface area contributed by atoms with Gasteiger partial charge in [0.15, 0.2) is 6.01 Å². The molecule has 9 heteroatoms. The number of rotatable bonds is 3. The van der Waals surface area contributed by atoms with Gasteiger partial charge < -0.3 is 0 Å². The Morgan fingerprint density at radius 1 is 1.50 bits per heavy atom. The summed E-state index contributed by atoms with van der Waals surface area (Å²) >= 11 is 0. The number of hydrogen-bond donors (Lipinski definition) is 2. The van der Waals surface area contributed by atoms with Gasteiger partial charge in [-0.05, 0) is 21.4 Å². The quantitative estimate of drug-likeness (QED) is 0.751. The first-order valence-electron chi connectivity index (χ1n) is 1.84. The normalized spacial score (nSPS) is 15.2. The van der Waals surface area contributed by atoms with Gasteiger partial charge in [0.05, 0.1) is 0 Å². The molecule has 0 bridgehead atoms. The second kappa shape index (κ2) is 3.42. The molecule has 0 rings (SSSR count). The summed E-state index contributed by atoms with van der Waals surface area (Å²) in [4.78, 5) is 0. The van der Waals surface area contributed by atoms with Crippen molar-refractivity contribution in [2.45, 2.75) is 0 Å². The van der Waals surface area contributed by atoms with Crippen molar-refractivity contribution in [2.75, 3.05) is 6.01 Å². The summed E-state index contributed by atoms with van der Waals surface area (Å²) in [7, 11) is 3.24. The minimum atomic E-state index is -4.01. The topological polar surface area (TPSA) is 72.2 Å². The van der Waals surface area contributed by atoms with Crippen LogP contribution in [-0.4, -0.2) is 14.4 Å². The first-order valence-corrected chi connectivity index (χ1v) is 6.84. The molecule has 0 saturated carbocycles. The lowest BCUT2D eigenvalue weighted by Gasteiger charge is -2.19. The van der Waals surface area contributed by atoms with Crippen molar-refractivity contribution in [3.8, 4) is 0 Å². The highest BCUT2D eigenvalue weighted by molar-refractivity contribution is 8.66. The fourth-order valence-electron chi connectivity index (χ4n) is 0.192. The van der Waals surface area contributed by atoms with E-state index in [1.807, 2.05) is 0 Å². The number of nitrogens with one attached hydrogen (secondary N) is 1. The van der Waals surface area contributed by atoms with E-state index in [9.17, 15) is 12.8 Å². The van der Waals surface area contributed by atoms with Gasteiger partial charge in [-0.25, -0.2) is 9.53 Å². The third-order valence-corrected chi connectivity index (χ3v) is 4.18. The Hall–Kier alpha value is 0.730. The van der Waals surface area contributed by atoms with Crippen LogP contribution in [0.3, 0.4) is 0 Å². The molecule has 0 aliphatic rings. The van der Waals surface area contributed by atoms with E-state index in [0.29, 0.717) is 0 Å². The third kappa shape index (κ3) is 5.51. The predicted octanol–water partition coefficient (Wildman–Crippen LogP) is 0.734. The number of hydrogen-bond acceptors (Lipinski definition) is 2. The Balaban J connectivity index is 4.16. The minimum Gasteiger partial charge on any atom is -0.237 e. The molecule has 0 amide bonds. The van der Waals surface area contributed by atoms with Gasteiger partial charge in [-0.3, -0.25) is 0 Å². The van der Waals surface area contributed by atoms with Gasteiger partial charge in [0.25, 0.3) is 10.2 Å². The van der Waals surface area contributed by atoms with Gasteiger partial charge in [-0.2, -0.15) is 8.42 Å². The standard InChI is InChI=1S/CH5Cl2FN2O2S2/c2-9(3,1-4)6-10(5,7)8/h6H,1H2,(H2,5,7,8). The Morgan fingerprint density at radius 2 is 1.90 bits per heavy atom. The van der Waals surface area contributed by atoms with Crippen LogP contribution in [0.5, 0.6) is 0 Å². The SMILES string of the molecule is NS(=O)(=O)NS(Cl)(Cl)CF. The van der Waals surface area contributed by atoms with Crippen LogP contribution in [0.4, 0.5) is 4.39 Å². The molecular formula is CH5Cl2FN2O2S2. The summed E-state index contributed by atoms with van der Waals surface area (Å²) in [6.07, 6.45) is 0. The van der Waals surface area contributed by atoms with Gasteiger partial charge in [0.1, 0.15) is 0 Å². The van der Waals surface area contributed by atoms with Gasteiger partial charge in [0.2, 0.25) is 0 Å². The fourth-order valence-corrected chi connectivity index (χ4v) is 3.31. The number of alkyl halides is 1. The summed E-state index contributed by atoms with van der Waals surface area (Å²) in [5, 5.41) is 4.44. The van der Waals surface area contributed by atoms with Crippen LogP contribution >= 0.6 is 30.0 Å². The van der Waals surface area contributed by atoms with Crippen LogP contribution in [-0.2, 0) is 10.2 Å². The maximum absolute atomic E-state index is 11.7. The van der Waals surface area contributed by atoms with Crippen LogP contribution in [0.2, 0.25) is 0 Å². The second-order valence-corrected chi connectivity index (χ2v) is 8.07. The van der Waals surface area contributed by atoms with Crippen molar-refractivity contribution >= 4 is 40.2 Å². The largest absolute Gasteiger partial charge is 0.284 e. The molecule has 0 saturated heterocycles. The van der Waals surface area contributed by atoms with Crippen LogP contribution in [0.1, 0.15) is 0 Å². The number of halogens is 3. The van der Waals surface area contributed by atoms with Crippen molar-refractivity contribution in [1.29, 1.82) is 0 Å². The van der Waals surface area contributed by atoms with Crippen LogP contribution in [0, 0.1) is 0 Å². The van der Waals surface area contributed by atoms with E-state index in [4.69, 9.17) is 21.4 Å². The minimum absolute atomic E-state index is 1.17. The van der Waals surface area contributed by atoms with Crippen LogP contribution < -0.4 is 9.27 Å². The summed E-state index contributed by atoms with van der Waals surface area (Å²) in [6.45, 7) is 0. The van der Waals surface area contributed by atoms with Crippen molar-refractivity contribution in [1.82, 2.24) is 4.13 Å². The van der Waals surface area contributed by atoms with Gasteiger partial charge in [0, 0.05) is 8.64 Å². The molecule has 64 valence electrons. The molecule has 0 spiro atoms. The summed E-state index contributed by atoms with van der Waals surface area (Å²) in [5.41, 5.74) is 0. The van der Waals surface area contributed by atoms with Gasteiger partial charge in [-0.15, -0.1) is 4.13 Å². The Morgan fingerprint density at radius 3 is 2.00 bits per heavy atom. The van der Waals surface area contributed by atoms with E-state index in [1.54, 1.807) is 0 Å². The first-order chi connectivity index (χ1) is 4.27. The van der Waals surface area contributed by atoms with E-state index >= 15 is 0 Å². The van der Waals surface area contributed by atoms with Crippen molar-refractivity contribution in [3.05, 3.63) is 0 Å². The van der Waals surface area contributed by atoms with E-state index in [0.717, 1.165) is 0 Å². The zero-order chi connectivity index (χ0) is 8.41. The zero-order valence-corrected chi connectivity index (χ0v) is 7.70. The summed E-state index contributed by atoms with van der Waals surface area (Å²) < 4.78 is 33.5. The van der Waals surface area contributed by atoms with Gasteiger partial charge >= 0.3 is 0 Å². The number of nitrogens with two attached hydrogens (primary N) is 1. The molecule has 3 N–H and O–H groups in total. The molecular weight excluding hydrogens is 226 g/mol. The molecule has 4 nitrogen and oxygen atoms in total. The van der Waals surface area contributed by atoms with Gasteiger partial charge in [-0.1, -0.05) is 0 Å². The molecule has 0 aliphatic heterocycles. The average molecular weight is 231 g/mol. The molecule has 0 unspecified atom stereocenters. The highest BCUT2D eigenvalue weighted by Gasteiger charge is 2.22. The average Bonchev–Trinajstić information content (AvgIpc) is 1.60. The predicted molar refractivity (Wildman–Crippen MR) is 41.5 cm³/mol. The van der Waals surface area contributed by atoms with Crippen LogP contribution in [0.15, 0.2) is 0 Å². The second-order valence-electron chi connectivity index (χ2n) is 1.31. The lowest BCUT2D eigenvalue weighted by atomic mass is 11.8. The molecule has 0 fully saturated rings. The van der Waals surface area contributed by atoms with E-state index < -0.39 is 24.9 Å². The van der Waals surface area contributed by atoms with E-state index in [2.05, 4.69) is 5.14 Å². The lowest BCUT2D eigenvalue weighted by Crippen LogP contribution is -2.30. The van der Waals surface area contributed by atoms with Crippen molar-refractivity contribution in [3.63, 3.8) is 0 Å². The highest BCUT2D eigenvalue weighted by Crippen LogP contribution is 2.54. The Labute approximate surface area is 68.5 Å². The smallest absolute Gasteiger partial charge is 0.237 e. The fraction of sp³-hybridized carbons (Fsp3) is 1.00. The van der Waals surface area contributed by atoms with Crippen LogP contribution in [0.25, 0.3) is 0 Å². The zero-order valence-electron chi connectivity index (χ0n) is 4.55. The lowest BCUT2D eigenvalue weighted by molar-refractivity contribution is 0.590. The molecule has 0 aliphatic carbocycles. The first kappa shape index (κ1) is 10.7. The molecule has 0 radical (unpaired) electrons. The Kier molecular flexibility index (Phi) is 3.67. The van der Waals surface area contributed by atoms with Crippen molar-refractivity contribution in [2.24, 2.45) is 5.14 Å². The molecule has 0 aromatic rings. The third-order valence-electron chi connectivity index (χ3n) is 0.375. The molecule has 10 heavy (non-hydrogen) atoms. The molecule has 0 atom stereocenters. The van der Waals surface area contributed by atoms with E-state index in [1.165, 1.54) is 4.13 Å². The molecule has 0 aromatic heterocycles. The maximum atomic E-state index is 11.7. The Bertz CT molecular complexity index is 203.